The smallest absolute Gasteiger partial charge is 0.400 e. The van der Waals surface area contributed by atoms with E-state index in [1.807, 2.05) is 6.92 Å². The summed E-state index contributed by atoms with van der Waals surface area (Å²) in [6.45, 7) is 4.18. The zero-order chi connectivity index (χ0) is 20.9. The fourth-order valence-corrected chi connectivity index (χ4v) is 4.53. The molecule has 1 aliphatic carbocycles. The van der Waals surface area contributed by atoms with Gasteiger partial charge in [0.15, 0.2) is 0 Å². The van der Waals surface area contributed by atoms with Crippen LogP contribution in [-0.2, 0) is 6.42 Å². The number of unbranched alkanes of at least 4 members (excludes halogenated alkanes) is 2. The third-order valence-electron chi connectivity index (χ3n) is 6.29. The highest BCUT2D eigenvalue weighted by molar-refractivity contribution is 5.84. The van der Waals surface area contributed by atoms with E-state index >= 15 is 0 Å². The molecule has 0 saturated heterocycles. The number of halogens is 3. The summed E-state index contributed by atoms with van der Waals surface area (Å²) in [5, 5.41) is 1.44. The molecule has 0 atom stereocenters. The summed E-state index contributed by atoms with van der Waals surface area (Å²) < 4.78 is 48.9. The van der Waals surface area contributed by atoms with Crippen LogP contribution in [0.25, 0.3) is 10.8 Å². The monoisotopic (exact) mass is 406 g/mol. The van der Waals surface area contributed by atoms with E-state index < -0.39 is 12.0 Å². The lowest BCUT2D eigenvalue weighted by Gasteiger charge is -2.33. The number of fused-ring (bicyclic) bond motifs is 1. The Kier molecular flexibility index (Phi) is 7.48. The Morgan fingerprint density at radius 3 is 2.38 bits per heavy atom. The summed E-state index contributed by atoms with van der Waals surface area (Å²) in [4.78, 5) is 0. The number of aryl methyl sites for hydroxylation is 1. The number of hydrogen-bond acceptors (Lipinski definition) is 1. The van der Waals surface area contributed by atoms with Crippen LogP contribution in [0, 0.1) is 17.7 Å². The van der Waals surface area contributed by atoms with Crippen molar-refractivity contribution < 1.29 is 17.9 Å². The standard InChI is InChI=1S/C25H33F3O/c1-3-5-6-8-18-9-12-22(13-10-18)25(27,28)29-23-14-11-19-15-20(7-4-2)24(26)17-21(19)16-23/h11,14-18,22H,3-10,12-13H2,1-2H3. The van der Waals surface area contributed by atoms with E-state index in [0.717, 1.165) is 31.1 Å². The van der Waals surface area contributed by atoms with Crippen molar-refractivity contribution in [1.82, 2.24) is 0 Å². The van der Waals surface area contributed by atoms with Gasteiger partial charge in [0.2, 0.25) is 0 Å². The second kappa shape index (κ2) is 9.86. The van der Waals surface area contributed by atoms with Gasteiger partial charge in [-0.15, -0.1) is 0 Å². The maximum absolute atomic E-state index is 14.8. The van der Waals surface area contributed by atoms with Crippen LogP contribution >= 0.6 is 0 Å². The normalized spacial score (nSPS) is 20.2. The maximum Gasteiger partial charge on any atom is 0.400 e. The molecule has 0 aromatic heterocycles. The fourth-order valence-electron chi connectivity index (χ4n) is 4.53. The van der Waals surface area contributed by atoms with E-state index in [4.69, 9.17) is 4.74 Å². The van der Waals surface area contributed by atoms with Crippen LogP contribution in [0.1, 0.15) is 77.2 Å². The van der Waals surface area contributed by atoms with Gasteiger partial charge in [-0.25, -0.2) is 4.39 Å². The van der Waals surface area contributed by atoms with Crippen LogP contribution in [0.4, 0.5) is 13.2 Å². The van der Waals surface area contributed by atoms with Gasteiger partial charge in [-0.1, -0.05) is 52.0 Å². The molecule has 0 spiro atoms. The number of benzene rings is 2. The summed E-state index contributed by atoms with van der Waals surface area (Å²) in [7, 11) is 0. The third kappa shape index (κ3) is 5.67. The van der Waals surface area contributed by atoms with Gasteiger partial charge in [-0.3, -0.25) is 0 Å². The highest BCUT2D eigenvalue weighted by atomic mass is 19.3. The van der Waals surface area contributed by atoms with Crippen LogP contribution in [0.15, 0.2) is 30.3 Å². The van der Waals surface area contributed by atoms with Gasteiger partial charge in [0, 0.05) is 0 Å². The van der Waals surface area contributed by atoms with Gasteiger partial charge in [-0.2, -0.15) is 8.78 Å². The van der Waals surface area contributed by atoms with Crippen molar-refractivity contribution in [3.05, 3.63) is 41.7 Å². The quantitative estimate of drug-likeness (QED) is 0.381. The summed E-state index contributed by atoms with van der Waals surface area (Å²) in [6.07, 6.45) is 5.83. The minimum absolute atomic E-state index is 0.107. The van der Waals surface area contributed by atoms with E-state index in [2.05, 4.69) is 6.92 Å². The molecule has 0 unspecified atom stereocenters. The fraction of sp³-hybridized carbons (Fsp3) is 0.600. The molecule has 4 heteroatoms. The zero-order valence-electron chi connectivity index (χ0n) is 17.7. The van der Waals surface area contributed by atoms with Crippen molar-refractivity contribution in [1.29, 1.82) is 0 Å². The van der Waals surface area contributed by atoms with E-state index in [1.54, 1.807) is 18.2 Å². The van der Waals surface area contributed by atoms with Crippen LogP contribution in [0.2, 0.25) is 0 Å². The summed E-state index contributed by atoms with van der Waals surface area (Å²) in [5.41, 5.74) is 0.662. The number of ether oxygens (including phenoxy) is 1. The molecule has 2 aromatic rings. The van der Waals surface area contributed by atoms with E-state index in [1.165, 1.54) is 31.4 Å². The van der Waals surface area contributed by atoms with Crippen LogP contribution < -0.4 is 4.74 Å². The van der Waals surface area contributed by atoms with Crippen molar-refractivity contribution in [2.75, 3.05) is 0 Å². The van der Waals surface area contributed by atoms with Gasteiger partial charge in [0.05, 0.1) is 5.92 Å². The van der Waals surface area contributed by atoms with Crippen molar-refractivity contribution in [3.8, 4) is 5.75 Å². The Bertz CT molecular complexity index is 794. The lowest BCUT2D eigenvalue weighted by Crippen LogP contribution is -2.37. The minimum atomic E-state index is -3.19. The van der Waals surface area contributed by atoms with E-state index in [0.29, 0.717) is 36.1 Å². The Morgan fingerprint density at radius 1 is 0.931 bits per heavy atom. The zero-order valence-corrected chi connectivity index (χ0v) is 17.7. The number of alkyl halides is 2. The summed E-state index contributed by atoms with van der Waals surface area (Å²) in [5.74, 6) is -0.348. The topological polar surface area (TPSA) is 9.23 Å². The Hall–Kier alpha value is -1.71. The first-order chi connectivity index (χ1) is 13.9. The first-order valence-corrected chi connectivity index (χ1v) is 11.2. The molecule has 0 bridgehead atoms. The molecule has 0 heterocycles. The lowest BCUT2D eigenvalue weighted by atomic mass is 9.79. The third-order valence-corrected chi connectivity index (χ3v) is 6.29. The van der Waals surface area contributed by atoms with Crippen molar-refractivity contribution in [3.63, 3.8) is 0 Å². The molecule has 1 saturated carbocycles. The van der Waals surface area contributed by atoms with E-state index in [-0.39, 0.29) is 11.6 Å². The average molecular weight is 407 g/mol. The SMILES string of the molecule is CCCCCC1CCC(C(F)(F)Oc2ccc3cc(CCC)c(F)cc3c2)CC1. The van der Waals surface area contributed by atoms with Gasteiger partial charge in [-0.05, 0) is 78.6 Å². The summed E-state index contributed by atoms with van der Waals surface area (Å²) >= 11 is 0. The second-order valence-electron chi connectivity index (χ2n) is 8.58. The number of hydrogen-bond donors (Lipinski definition) is 0. The molecule has 0 aliphatic heterocycles. The van der Waals surface area contributed by atoms with Crippen molar-refractivity contribution in [2.45, 2.75) is 84.2 Å². The van der Waals surface area contributed by atoms with Gasteiger partial charge >= 0.3 is 6.11 Å². The molecule has 1 nitrogen and oxygen atoms in total. The maximum atomic E-state index is 14.8. The molecule has 1 aliphatic rings. The summed E-state index contributed by atoms with van der Waals surface area (Å²) in [6, 6.07) is 8.06. The largest absolute Gasteiger partial charge is 0.432 e. The first kappa shape index (κ1) is 22.0. The Labute approximate surface area is 172 Å². The molecule has 3 rings (SSSR count). The second-order valence-corrected chi connectivity index (χ2v) is 8.58. The van der Waals surface area contributed by atoms with Crippen molar-refractivity contribution >= 4 is 10.8 Å². The van der Waals surface area contributed by atoms with Crippen molar-refractivity contribution in [2.24, 2.45) is 11.8 Å². The molecule has 29 heavy (non-hydrogen) atoms. The first-order valence-electron chi connectivity index (χ1n) is 11.2. The Balaban J connectivity index is 1.64. The molecule has 1 fully saturated rings. The molecule has 0 amide bonds. The molecular weight excluding hydrogens is 373 g/mol. The van der Waals surface area contributed by atoms with E-state index in [9.17, 15) is 13.2 Å². The predicted molar refractivity (Wildman–Crippen MR) is 113 cm³/mol. The lowest BCUT2D eigenvalue weighted by molar-refractivity contribution is -0.223. The highest BCUT2D eigenvalue weighted by Crippen LogP contribution is 2.41. The minimum Gasteiger partial charge on any atom is -0.432 e. The predicted octanol–water partition coefficient (Wildman–Crippen LogP) is 8.29. The molecule has 0 radical (unpaired) electrons. The van der Waals surface area contributed by atoms with Gasteiger partial charge < -0.3 is 4.74 Å². The van der Waals surface area contributed by atoms with Crippen LogP contribution in [0.3, 0.4) is 0 Å². The van der Waals surface area contributed by atoms with Gasteiger partial charge in [0.1, 0.15) is 11.6 Å². The highest BCUT2D eigenvalue weighted by Gasteiger charge is 2.43. The molecule has 2 aromatic carbocycles. The Morgan fingerprint density at radius 2 is 1.69 bits per heavy atom. The van der Waals surface area contributed by atoms with Crippen LogP contribution in [-0.4, -0.2) is 6.11 Å². The molecule has 160 valence electrons. The molecular formula is C25H33F3O. The van der Waals surface area contributed by atoms with Gasteiger partial charge in [0.25, 0.3) is 0 Å². The van der Waals surface area contributed by atoms with Crippen LogP contribution in [0.5, 0.6) is 5.75 Å². The molecule has 0 N–H and O–H groups in total. The average Bonchev–Trinajstić information content (AvgIpc) is 2.69. The number of rotatable bonds is 9.